The van der Waals surface area contributed by atoms with E-state index in [0.29, 0.717) is 6.61 Å². The molecule has 21 heavy (non-hydrogen) atoms. The molecule has 4 nitrogen and oxygen atoms in total. The van der Waals surface area contributed by atoms with Crippen LogP contribution in [0.3, 0.4) is 0 Å². The van der Waals surface area contributed by atoms with Gasteiger partial charge in [-0.05, 0) is 18.2 Å². The molecule has 0 aromatic heterocycles. The van der Waals surface area contributed by atoms with Gasteiger partial charge in [-0.3, -0.25) is 0 Å². The molecule has 0 bridgehead atoms. The maximum atomic E-state index is 6.51. The Morgan fingerprint density at radius 3 is 2.62 bits per heavy atom. The van der Waals surface area contributed by atoms with Crippen molar-refractivity contribution in [3.8, 4) is 0 Å². The smallest absolute Gasteiger partial charge is 0.338 e. The third kappa shape index (κ3) is 4.11. The van der Waals surface area contributed by atoms with Gasteiger partial charge in [0.15, 0.2) is 0 Å². The highest BCUT2D eigenvalue weighted by Crippen LogP contribution is 2.34. The quantitative estimate of drug-likeness (QED) is 0.503. The van der Waals surface area contributed by atoms with Crippen LogP contribution in [0.15, 0.2) is 25.2 Å². The van der Waals surface area contributed by atoms with E-state index in [-0.39, 0.29) is 18.3 Å². The van der Waals surface area contributed by atoms with Gasteiger partial charge >= 0.3 is 8.56 Å². The normalized spacial score (nSPS) is 30.3. The lowest BCUT2D eigenvalue weighted by Crippen LogP contribution is -2.60. The van der Waals surface area contributed by atoms with Crippen LogP contribution < -0.4 is 0 Å². The van der Waals surface area contributed by atoms with Crippen LogP contribution in [0.1, 0.15) is 39.5 Å². The summed E-state index contributed by atoms with van der Waals surface area (Å²) in [7, 11) is -2.13. The van der Waals surface area contributed by atoms with Crippen molar-refractivity contribution < 1.29 is 18.3 Å². The van der Waals surface area contributed by atoms with Gasteiger partial charge in [-0.25, -0.2) is 0 Å². The highest BCUT2D eigenvalue weighted by Gasteiger charge is 2.49. The summed E-state index contributed by atoms with van der Waals surface area (Å²) in [5, 5.41) is 0. The predicted octanol–water partition coefficient (Wildman–Crippen LogP) is 3.89. The second-order valence-corrected chi connectivity index (χ2v) is 9.13. The second kappa shape index (κ2) is 8.01. The Kier molecular flexibility index (Phi) is 6.33. The van der Waals surface area contributed by atoms with Gasteiger partial charge in [-0.15, -0.1) is 0 Å². The zero-order valence-corrected chi connectivity index (χ0v) is 14.3. The van der Waals surface area contributed by atoms with Crippen molar-refractivity contribution in [1.29, 1.82) is 0 Å². The van der Waals surface area contributed by atoms with Crippen molar-refractivity contribution in [3.05, 3.63) is 25.2 Å². The van der Waals surface area contributed by atoms with Crippen LogP contribution in [0.25, 0.3) is 0 Å². The summed E-state index contributed by atoms with van der Waals surface area (Å²) in [6.07, 6.45) is 9.51. The van der Waals surface area contributed by atoms with E-state index in [4.69, 9.17) is 18.3 Å². The minimum Gasteiger partial charge on any atom is -0.493 e. The van der Waals surface area contributed by atoms with E-state index in [9.17, 15) is 0 Å². The first-order valence-electron chi connectivity index (χ1n) is 8.15. The van der Waals surface area contributed by atoms with Gasteiger partial charge in [-0.1, -0.05) is 46.1 Å². The van der Waals surface area contributed by atoms with E-state index >= 15 is 0 Å². The largest absolute Gasteiger partial charge is 0.493 e. The molecular weight excluding hydrogens is 284 g/mol. The van der Waals surface area contributed by atoms with E-state index in [1.165, 1.54) is 19.1 Å². The minimum atomic E-state index is -2.13. The molecule has 0 aliphatic carbocycles. The van der Waals surface area contributed by atoms with Gasteiger partial charge in [0.1, 0.15) is 18.3 Å². The zero-order chi connectivity index (χ0) is 15.1. The Balaban J connectivity index is 2.09. The Hall–Kier alpha value is -0.783. The molecule has 0 N–H and O–H groups in total. The first-order chi connectivity index (χ1) is 10.2. The monoisotopic (exact) mass is 312 g/mol. The second-order valence-electron chi connectivity index (χ2n) is 5.78. The third-order valence-corrected chi connectivity index (χ3v) is 7.77. The number of hydrogen-bond donors (Lipinski definition) is 0. The molecule has 0 aromatic carbocycles. The summed E-state index contributed by atoms with van der Waals surface area (Å²) in [6.45, 7) is 8.70. The van der Waals surface area contributed by atoms with Gasteiger partial charge < -0.3 is 18.3 Å². The fourth-order valence-electron chi connectivity index (χ4n) is 2.93. The predicted molar refractivity (Wildman–Crippen MR) is 85.1 cm³/mol. The van der Waals surface area contributed by atoms with Crippen LogP contribution in [-0.2, 0) is 18.3 Å². The molecule has 0 aromatic rings. The fraction of sp³-hybridized carbons (Fsp3) is 0.750. The highest BCUT2D eigenvalue weighted by molar-refractivity contribution is 6.67. The fourth-order valence-corrected chi connectivity index (χ4v) is 6.81. The molecular formula is C16H28O4Si. The Labute approximate surface area is 129 Å². The van der Waals surface area contributed by atoms with Gasteiger partial charge in [-0.2, -0.15) is 0 Å². The van der Waals surface area contributed by atoms with Crippen LogP contribution in [0, 0.1) is 0 Å². The molecule has 2 aliphatic heterocycles. The number of unbranched alkanes of at least 4 members (excludes halogenated alkanes) is 2. The summed E-state index contributed by atoms with van der Waals surface area (Å²) in [5.41, 5.74) is 0. The van der Waals surface area contributed by atoms with E-state index in [1.54, 1.807) is 6.26 Å². The van der Waals surface area contributed by atoms with E-state index in [1.807, 2.05) is 6.08 Å². The topological polar surface area (TPSA) is 36.9 Å². The lowest BCUT2D eigenvalue weighted by molar-refractivity contribution is -0.116. The van der Waals surface area contributed by atoms with Crippen LogP contribution in [-0.4, -0.2) is 33.5 Å². The average Bonchev–Trinajstić information content (AvgIpc) is 2.52. The van der Waals surface area contributed by atoms with Crippen molar-refractivity contribution in [2.24, 2.45) is 0 Å². The van der Waals surface area contributed by atoms with E-state index < -0.39 is 8.56 Å². The third-order valence-electron chi connectivity index (χ3n) is 4.15. The maximum Gasteiger partial charge on any atom is 0.338 e. The average molecular weight is 312 g/mol. The molecule has 120 valence electrons. The summed E-state index contributed by atoms with van der Waals surface area (Å²) >= 11 is 0. The summed E-state index contributed by atoms with van der Waals surface area (Å²) in [4.78, 5) is 0. The Bertz CT molecular complexity index is 350. The SMILES string of the molecule is C=CO[C@@H]1C=CO[C@@H]2CO[Si](CCCC)(CCCC)O[C@@H]12. The van der Waals surface area contributed by atoms with E-state index in [0.717, 1.165) is 24.9 Å². The first kappa shape index (κ1) is 16.6. The van der Waals surface area contributed by atoms with Gasteiger partial charge in [0.05, 0.1) is 19.1 Å². The van der Waals surface area contributed by atoms with Crippen molar-refractivity contribution in [2.45, 2.75) is 69.9 Å². The number of ether oxygens (including phenoxy) is 2. The molecule has 3 atom stereocenters. The van der Waals surface area contributed by atoms with Crippen LogP contribution >= 0.6 is 0 Å². The molecule has 0 saturated carbocycles. The Morgan fingerprint density at radius 2 is 2.00 bits per heavy atom. The van der Waals surface area contributed by atoms with Crippen LogP contribution in [0.2, 0.25) is 12.1 Å². The molecule has 0 unspecified atom stereocenters. The number of fused-ring (bicyclic) bond motifs is 1. The lowest BCUT2D eigenvalue weighted by Gasteiger charge is -2.45. The molecule has 2 heterocycles. The van der Waals surface area contributed by atoms with Gasteiger partial charge in [0.25, 0.3) is 0 Å². The van der Waals surface area contributed by atoms with Gasteiger partial charge in [0.2, 0.25) is 0 Å². The van der Waals surface area contributed by atoms with Crippen molar-refractivity contribution >= 4 is 8.56 Å². The number of rotatable bonds is 8. The summed E-state index contributed by atoms with van der Waals surface area (Å²) in [5.74, 6) is 0. The molecule has 0 spiro atoms. The van der Waals surface area contributed by atoms with Crippen molar-refractivity contribution in [1.82, 2.24) is 0 Å². The molecule has 2 aliphatic rings. The van der Waals surface area contributed by atoms with E-state index in [2.05, 4.69) is 20.4 Å². The molecule has 0 radical (unpaired) electrons. The molecule has 0 amide bonds. The first-order valence-corrected chi connectivity index (χ1v) is 10.4. The zero-order valence-electron chi connectivity index (χ0n) is 13.3. The Morgan fingerprint density at radius 1 is 1.29 bits per heavy atom. The van der Waals surface area contributed by atoms with Crippen molar-refractivity contribution in [3.63, 3.8) is 0 Å². The molecule has 5 heteroatoms. The maximum absolute atomic E-state index is 6.51. The summed E-state index contributed by atoms with van der Waals surface area (Å²) < 4.78 is 24.0. The molecule has 2 rings (SSSR count). The highest BCUT2D eigenvalue weighted by atomic mass is 28.4. The van der Waals surface area contributed by atoms with Gasteiger partial charge in [0, 0.05) is 0 Å². The van der Waals surface area contributed by atoms with Crippen LogP contribution in [0.4, 0.5) is 0 Å². The molecule has 1 saturated heterocycles. The van der Waals surface area contributed by atoms with Crippen LogP contribution in [0.5, 0.6) is 0 Å². The number of hydrogen-bond acceptors (Lipinski definition) is 4. The minimum absolute atomic E-state index is 0.0659. The lowest BCUT2D eigenvalue weighted by atomic mass is 10.1. The summed E-state index contributed by atoms with van der Waals surface area (Å²) in [6, 6.07) is 2.13. The molecule has 1 fully saturated rings. The standard InChI is InChI=1S/C16H28O4Si/c1-4-7-11-21(12-8-5-2)19-13-15-16(20-21)14(17-6-3)9-10-18-15/h6,9-10,14-16H,3-5,7-8,11-13H2,1-2H3/t14-,15-,16+/m1/s1. The van der Waals surface area contributed by atoms with Crippen molar-refractivity contribution in [2.75, 3.05) is 6.61 Å².